The second kappa shape index (κ2) is 9.30. The van der Waals surface area contributed by atoms with Gasteiger partial charge in [0, 0.05) is 31.5 Å². The lowest BCUT2D eigenvalue weighted by molar-refractivity contribution is 0.299. The van der Waals surface area contributed by atoms with Crippen LogP contribution in [0, 0.1) is 5.82 Å². The highest BCUT2D eigenvalue weighted by Gasteiger charge is 2.04. The number of hydrogen-bond acceptors (Lipinski definition) is 6. The largest absolute Gasteiger partial charge is 0.489 e. The van der Waals surface area contributed by atoms with E-state index in [1.807, 2.05) is 31.3 Å². The number of nitrogens with zero attached hydrogens (tertiary/aromatic N) is 4. The SMILES string of the molecule is Cn1nnnc1SCCNCc1cccc(OCc2ccccc2F)c1. The predicted molar refractivity (Wildman–Crippen MR) is 98.4 cm³/mol. The van der Waals surface area contributed by atoms with Gasteiger partial charge in [-0.2, -0.15) is 0 Å². The minimum Gasteiger partial charge on any atom is -0.489 e. The van der Waals surface area contributed by atoms with Gasteiger partial charge >= 0.3 is 0 Å². The highest BCUT2D eigenvalue weighted by atomic mass is 32.2. The Balaban J connectivity index is 1.42. The van der Waals surface area contributed by atoms with Crippen LogP contribution in [0.15, 0.2) is 53.7 Å². The van der Waals surface area contributed by atoms with Crippen molar-refractivity contribution in [3.63, 3.8) is 0 Å². The summed E-state index contributed by atoms with van der Waals surface area (Å²) >= 11 is 1.60. The van der Waals surface area contributed by atoms with Crippen molar-refractivity contribution in [2.24, 2.45) is 7.05 Å². The molecule has 3 aromatic rings. The molecule has 0 spiro atoms. The van der Waals surface area contributed by atoms with Gasteiger partial charge in [0.1, 0.15) is 18.2 Å². The molecule has 0 aliphatic carbocycles. The van der Waals surface area contributed by atoms with Crippen molar-refractivity contribution in [3.8, 4) is 5.75 Å². The number of ether oxygens (including phenoxy) is 1. The van der Waals surface area contributed by atoms with Gasteiger partial charge in [-0.1, -0.05) is 42.1 Å². The molecule has 0 aliphatic rings. The van der Waals surface area contributed by atoms with Gasteiger partial charge in [-0.15, -0.1) is 5.10 Å². The molecule has 1 heterocycles. The summed E-state index contributed by atoms with van der Waals surface area (Å²) in [6.45, 7) is 1.78. The van der Waals surface area contributed by atoms with Crippen molar-refractivity contribution in [1.29, 1.82) is 0 Å². The molecular weight excluding hydrogens is 353 g/mol. The first-order valence-corrected chi connectivity index (χ1v) is 9.22. The van der Waals surface area contributed by atoms with Crippen molar-refractivity contribution in [3.05, 3.63) is 65.5 Å². The number of hydrogen-bond donors (Lipinski definition) is 1. The summed E-state index contributed by atoms with van der Waals surface area (Å²) in [5.41, 5.74) is 1.66. The lowest BCUT2D eigenvalue weighted by Gasteiger charge is -2.09. The van der Waals surface area contributed by atoms with E-state index in [0.29, 0.717) is 5.56 Å². The molecule has 0 fully saturated rings. The van der Waals surface area contributed by atoms with Crippen molar-refractivity contribution >= 4 is 11.8 Å². The highest BCUT2D eigenvalue weighted by molar-refractivity contribution is 7.99. The molecule has 6 nitrogen and oxygen atoms in total. The molecule has 26 heavy (non-hydrogen) atoms. The van der Waals surface area contributed by atoms with E-state index in [-0.39, 0.29) is 12.4 Å². The molecule has 1 aromatic heterocycles. The number of nitrogens with one attached hydrogen (secondary N) is 1. The fourth-order valence-corrected chi connectivity index (χ4v) is 3.06. The van der Waals surface area contributed by atoms with Crippen molar-refractivity contribution < 1.29 is 9.13 Å². The highest BCUT2D eigenvalue weighted by Crippen LogP contribution is 2.16. The van der Waals surface area contributed by atoms with Crippen LogP contribution in [0.1, 0.15) is 11.1 Å². The Kier molecular flexibility index (Phi) is 6.56. The second-order valence-corrected chi connectivity index (χ2v) is 6.70. The normalized spacial score (nSPS) is 10.8. The molecule has 2 aromatic carbocycles. The molecule has 0 bridgehead atoms. The molecule has 0 aliphatic heterocycles. The van der Waals surface area contributed by atoms with E-state index in [1.165, 1.54) is 6.07 Å². The average Bonchev–Trinajstić information content (AvgIpc) is 3.06. The number of aromatic nitrogens is 4. The van der Waals surface area contributed by atoms with Crippen LogP contribution >= 0.6 is 11.8 Å². The summed E-state index contributed by atoms with van der Waals surface area (Å²) < 4.78 is 21.0. The predicted octanol–water partition coefficient (Wildman–Crippen LogP) is 2.81. The van der Waals surface area contributed by atoms with Crippen LogP contribution in [0.25, 0.3) is 0 Å². The Hall–Kier alpha value is -2.45. The molecule has 0 unspecified atom stereocenters. The number of aryl methyl sites for hydroxylation is 1. The Morgan fingerprint density at radius 2 is 2.08 bits per heavy atom. The fraction of sp³-hybridized carbons (Fsp3) is 0.278. The standard InChI is InChI=1S/C18H20FN5OS/c1-24-18(21-22-23-24)26-10-9-20-12-14-5-4-7-16(11-14)25-13-15-6-2-3-8-17(15)19/h2-8,11,20H,9-10,12-13H2,1H3. The van der Waals surface area contributed by atoms with Crippen LogP contribution in [-0.2, 0) is 20.2 Å². The first-order valence-electron chi connectivity index (χ1n) is 8.23. The molecule has 0 atom stereocenters. The first kappa shape index (κ1) is 18.3. The fourth-order valence-electron chi connectivity index (χ4n) is 2.31. The molecular formula is C18H20FN5OS. The quantitative estimate of drug-likeness (QED) is 0.460. The van der Waals surface area contributed by atoms with E-state index < -0.39 is 0 Å². The summed E-state index contributed by atoms with van der Waals surface area (Å²) in [4.78, 5) is 0. The minimum absolute atomic E-state index is 0.214. The third kappa shape index (κ3) is 5.27. The minimum atomic E-state index is -0.249. The summed E-state index contributed by atoms with van der Waals surface area (Å²) in [5, 5.41) is 15.5. The Morgan fingerprint density at radius 1 is 1.19 bits per heavy atom. The topological polar surface area (TPSA) is 64.9 Å². The van der Waals surface area contributed by atoms with E-state index in [4.69, 9.17) is 4.74 Å². The van der Waals surface area contributed by atoms with E-state index in [0.717, 1.165) is 35.3 Å². The summed E-state index contributed by atoms with van der Waals surface area (Å²) in [6.07, 6.45) is 0. The van der Waals surface area contributed by atoms with E-state index in [9.17, 15) is 4.39 Å². The van der Waals surface area contributed by atoms with Crippen LogP contribution in [0.3, 0.4) is 0 Å². The number of thioether (sulfide) groups is 1. The number of rotatable bonds is 9. The van der Waals surface area contributed by atoms with Crippen molar-refractivity contribution in [2.75, 3.05) is 12.3 Å². The summed E-state index contributed by atoms with van der Waals surface area (Å²) in [7, 11) is 1.82. The van der Waals surface area contributed by atoms with Crippen LogP contribution in [0.5, 0.6) is 5.75 Å². The molecule has 0 saturated heterocycles. The maximum Gasteiger partial charge on any atom is 0.209 e. The van der Waals surface area contributed by atoms with E-state index >= 15 is 0 Å². The second-order valence-electron chi connectivity index (χ2n) is 5.64. The molecule has 0 saturated carbocycles. The Bertz CT molecular complexity index is 842. The zero-order valence-electron chi connectivity index (χ0n) is 14.4. The monoisotopic (exact) mass is 373 g/mol. The van der Waals surface area contributed by atoms with Crippen molar-refractivity contribution in [1.82, 2.24) is 25.5 Å². The van der Waals surface area contributed by atoms with Gasteiger partial charge in [-0.25, -0.2) is 9.07 Å². The van der Waals surface area contributed by atoms with Gasteiger partial charge < -0.3 is 10.1 Å². The van der Waals surface area contributed by atoms with E-state index in [1.54, 1.807) is 34.6 Å². The molecule has 136 valence electrons. The first-order chi connectivity index (χ1) is 12.7. The van der Waals surface area contributed by atoms with E-state index in [2.05, 4.69) is 20.8 Å². The molecule has 8 heteroatoms. The van der Waals surface area contributed by atoms with Crippen LogP contribution in [-0.4, -0.2) is 32.5 Å². The molecule has 0 amide bonds. The zero-order valence-corrected chi connectivity index (χ0v) is 15.2. The van der Waals surface area contributed by atoms with Crippen LogP contribution in [0.2, 0.25) is 0 Å². The lowest BCUT2D eigenvalue weighted by atomic mass is 10.2. The zero-order chi connectivity index (χ0) is 18.2. The summed E-state index contributed by atoms with van der Waals surface area (Å²) in [5.74, 6) is 1.35. The lowest BCUT2D eigenvalue weighted by Crippen LogP contribution is -2.16. The van der Waals surface area contributed by atoms with Gasteiger partial charge in [-0.05, 0) is 34.2 Å². The van der Waals surface area contributed by atoms with Gasteiger partial charge in [-0.3, -0.25) is 0 Å². The Morgan fingerprint density at radius 3 is 2.88 bits per heavy atom. The van der Waals surface area contributed by atoms with Crippen LogP contribution < -0.4 is 10.1 Å². The van der Waals surface area contributed by atoms with Crippen LogP contribution in [0.4, 0.5) is 4.39 Å². The number of benzene rings is 2. The smallest absolute Gasteiger partial charge is 0.209 e. The Labute approximate surface area is 155 Å². The maximum absolute atomic E-state index is 13.6. The number of tetrazole rings is 1. The summed E-state index contributed by atoms with van der Waals surface area (Å²) in [6, 6.07) is 14.5. The average molecular weight is 373 g/mol. The maximum atomic E-state index is 13.6. The van der Waals surface area contributed by atoms with Crippen molar-refractivity contribution in [2.45, 2.75) is 18.3 Å². The number of halogens is 1. The van der Waals surface area contributed by atoms with Gasteiger partial charge in [0.25, 0.3) is 0 Å². The van der Waals surface area contributed by atoms with Gasteiger partial charge in [0.2, 0.25) is 5.16 Å². The third-order valence-corrected chi connectivity index (χ3v) is 4.68. The molecule has 3 rings (SSSR count). The van der Waals surface area contributed by atoms with Gasteiger partial charge in [0.15, 0.2) is 0 Å². The van der Waals surface area contributed by atoms with Gasteiger partial charge in [0.05, 0.1) is 0 Å². The molecule has 0 radical (unpaired) electrons. The third-order valence-electron chi connectivity index (χ3n) is 3.67. The molecule has 1 N–H and O–H groups in total.